The van der Waals surface area contributed by atoms with E-state index in [0.29, 0.717) is 54.4 Å². The highest BCUT2D eigenvalue weighted by atomic mass is 35.5. The third kappa shape index (κ3) is 7.23. The van der Waals surface area contributed by atoms with Crippen LogP contribution in [0.5, 0.6) is 5.75 Å². The fourth-order valence-corrected chi connectivity index (χ4v) is 6.02. The van der Waals surface area contributed by atoms with Gasteiger partial charge in [-0.15, -0.1) is 5.10 Å². The van der Waals surface area contributed by atoms with Gasteiger partial charge in [0.1, 0.15) is 23.8 Å². The van der Waals surface area contributed by atoms with Crippen LogP contribution in [0.4, 0.5) is 38.4 Å². The van der Waals surface area contributed by atoms with Crippen molar-refractivity contribution in [2.45, 2.75) is 76.9 Å². The lowest BCUT2D eigenvalue weighted by Crippen LogP contribution is -2.64. The number of nitrogens with one attached hydrogen (secondary N) is 1. The molecule has 1 aliphatic carbocycles. The topological polar surface area (TPSA) is 138 Å². The Morgan fingerprint density at radius 3 is 2.41 bits per heavy atom. The minimum atomic E-state index is -5.89. The van der Waals surface area contributed by atoms with Crippen molar-refractivity contribution in [3.8, 4) is 16.9 Å². The second-order valence-corrected chi connectivity index (χ2v) is 13.8. The molecule has 13 nitrogen and oxygen atoms in total. The Hall–Kier alpha value is -4.61. The number of nitrogens with zero attached hydrogens (tertiary/aromatic N) is 9. The van der Waals surface area contributed by atoms with Gasteiger partial charge < -0.3 is 19.7 Å². The summed E-state index contributed by atoms with van der Waals surface area (Å²) in [5, 5.41) is 17.5. The highest BCUT2D eigenvalue weighted by Gasteiger charge is 2.62. The molecule has 262 valence electrons. The summed E-state index contributed by atoms with van der Waals surface area (Å²) in [6.07, 6.45) is -0.511. The highest BCUT2D eigenvalue weighted by molar-refractivity contribution is 6.32. The average molecular weight is 711 g/mol. The summed E-state index contributed by atoms with van der Waals surface area (Å²) in [6, 6.07) is 4.53. The van der Waals surface area contributed by atoms with Crippen LogP contribution in [0.1, 0.15) is 52.3 Å². The first kappa shape index (κ1) is 34.3. The number of rotatable bonds is 9. The molecule has 2 aliphatic rings. The maximum absolute atomic E-state index is 14.7. The van der Waals surface area contributed by atoms with Gasteiger partial charge in [0.05, 0.1) is 23.3 Å². The summed E-state index contributed by atoms with van der Waals surface area (Å²) in [6.45, 7) is 8.23. The van der Waals surface area contributed by atoms with Gasteiger partial charge in [-0.3, -0.25) is 4.68 Å². The number of hydrogen-bond acceptors (Lipinski definition) is 10. The summed E-state index contributed by atoms with van der Waals surface area (Å²) in [4.78, 5) is 22.2. The lowest BCUT2D eigenvalue weighted by Gasteiger charge is -2.58. The van der Waals surface area contributed by atoms with Crippen LogP contribution < -0.4 is 10.1 Å². The number of likely N-dealkylation sites (tertiary alicyclic amines) is 1. The van der Waals surface area contributed by atoms with E-state index in [4.69, 9.17) is 21.1 Å². The Balaban J connectivity index is 1.15. The largest absolute Gasteiger partial charge is 0.487 e. The van der Waals surface area contributed by atoms with Gasteiger partial charge in [0.2, 0.25) is 5.95 Å². The molecule has 19 heteroatoms. The molecule has 0 bridgehead atoms. The molecule has 1 atom stereocenters. The van der Waals surface area contributed by atoms with Gasteiger partial charge in [0.15, 0.2) is 5.69 Å². The molecule has 1 N–H and O–H groups in total. The monoisotopic (exact) mass is 710 g/mol. The molecule has 6 rings (SSSR count). The van der Waals surface area contributed by atoms with Crippen LogP contribution in [-0.2, 0) is 17.2 Å². The maximum Gasteiger partial charge on any atom is 0.459 e. The van der Waals surface area contributed by atoms with Gasteiger partial charge in [-0.25, -0.2) is 19.4 Å². The van der Waals surface area contributed by atoms with Crippen LogP contribution in [0.25, 0.3) is 11.1 Å². The quantitative estimate of drug-likeness (QED) is 0.194. The van der Waals surface area contributed by atoms with Crippen LogP contribution >= 0.6 is 11.6 Å². The number of benzene rings is 1. The Morgan fingerprint density at radius 2 is 1.80 bits per heavy atom. The van der Waals surface area contributed by atoms with E-state index >= 15 is 0 Å². The Kier molecular flexibility index (Phi) is 8.65. The molecule has 2 fully saturated rings. The normalized spacial score (nSPS) is 17.0. The Morgan fingerprint density at radius 1 is 1.10 bits per heavy atom. The maximum atomic E-state index is 14.7. The van der Waals surface area contributed by atoms with Crippen molar-refractivity contribution in [3.05, 3.63) is 53.8 Å². The van der Waals surface area contributed by atoms with E-state index in [1.165, 1.54) is 23.4 Å². The zero-order chi connectivity index (χ0) is 35.4. The number of hydrogen-bond donors (Lipinski definition) is 1. The molecular weight excluding hydrogens is 679 g/mol. The molecule has 1 aliphatic heterocycles. The number of halogens is 6. The molecule has 4 aromatic rings. The summed E-state index contributed by atoms with van der Waals surface area (Å²) < 4.78 is 83.9. The molecule has 1 spiro atoms. The van der Waals surface area contributed by atoms with Gasteiger partial charge in [-0.2, -0.15) is 27.1 Å². The molecule has 4 heterocycles. The smallest absolute Gasteiger partial charge is 0.459 e. The molecule has 1 aromatic carbocycles. The molecule has 1 saturated heterocycles. The second-order valence-electron chi connectivity index (χ2n) is 13.4. The Bertz CT molecular complexity index is 1800. The van der Waals surface area contributed by atoms with Gasteiger partial charge in [-0.1, -0.05) is 17.7 Å². The van der Waals surface area contributed by atoms with E-state index < -0.39 is 41.2 Å². The van der Waals surface area contributed by atoms with E-state index in [1.807, 2.05) is 6.92 Å². The van der Waals surface area contributed by atoms with Crippen molar-refractivity contribution >= 4 is 29.3 Å². The first-order valence-electron chi connectivity index (χ1n) is 15.2. The van der Waals surface area contributed by atoms with Gasteiger partial charge in [0, 0.05) is 42.7 Å². The van der Waals surface area contributed by atoms with Crippen molar-refractivity contribution in [2.75, 3.05) is 18.4 Å². The van der Waals surface area contributed by atoms with E-state index in [0.717, 1.165) is 10.9 Å². The van der Waals surface area contributed by atoms with E-state index in [2.05, 4.69) is 35.9 Å². The Labute approximate surface area is 281 Å². The number of aromatic nitrogens is 8. The van der Waals surface area contributed by atoms with Crippen LogP contribution in [0.3, 0.4) is 0 Å². The number of anilines is 2. The van der Waals surface area contributed by atoms with Crippen molar-refractivity contribution in [1.29, 1.82) is 0 Å². The minimum absolute atomic E-state index is 0.222. The fourth-order valence-electron chi connectivity index (χ4n) is 5.86. The molecule has 0 radical (unpaired) electrons. The predicted octanol–water partition coefficient (Wildman–Crippen LogP) is 6.42. The van der Waals surface area contributed by atoms with Gasteiger partial charge in [-0.05, 0) is 68.7 Å². The zero-order valence-electron chi connectivity index (χ0n) is 26.7. The molecule has 1 amide bonds. The number of carbonyl (C=O) groups excluding carboxylic acids is 1. The lowest BCUT2D eigenvalue weighted by atomic mass is 9.61. The number of alkyl halides is 5. The van der Waals surface area contributed by atoms with Crippen molar-refractivity contribution in [3.63, 3.8) is 0 Å². The van der Waals surface area contributed by atoms with E-state index in [9.17, 15) is 26.7 Å². The zero-order valence-corrected chi connectivity index (χ0v) is 27.5. The number of carbonyl (C=O) groups is 1. The standard InChI is InChI=1S/C30H32ClF5N10O3/c1-17(12-45-16-39-42-43-45)48-23-7-18(5-6-21(23)31)19-10-37-25(38-11-19)40-22-13-46(41-24(22)29(32,33)30(34,35)36)20-8-28(9-20)14-44(15-28)26(47)49-27(2,3)4/h5-7,10-11,13,16-17,20H,8-9,12,14-15H2,1-4H3,(H,37,38,40). The third-order valence-corrected chi connectivity index (χ3v) is 8.44. The summed E-state index contributed by atoms with van der Waals surface area (Å²) in [5.74, 6) is -5.11. The number of tetrazole rings is 1. The minimum Gasteiger partial charge on any atom is -0.487 e. The first-order chi connectivity index (χ1) is 22.9. The van der Waals surface area contributed by atoms with Crippen LogP contribution in [-0.4, -0.2) is 81.9 Å². The molecular formula is C30H32ClF5N10O3. The molecule has 49 heavy (non-hydrogen) atoms. The first-order valence-corrected chi connectivity index (χ1v) is 15.6. The second kappa shape index (κ2) is 12.4. The molecule has 3 aromatic heterocycles. The summed E-state index contributed by atoms with van der Waals surface area (Å²) in [7, 11) is 0. The third-order valence-electron chi connectivity index (χ3n) is 8.13. The van der Waals surface area contributed by atoms with Crippen LogP contribution in [0.15, 0.2) is 43.1 Å². The number of ether oxygens (including phenoxy) is 2. The molecule has 1 unspecified atom stereocenters. The van der Waals surface area contributed by atoms with E-state index in [-0.39, 0.29) is 17.5 Å². The van der Waals surface area contributed by atoms with Crippen molar-refractivity contribution < 1.29 is 36.2 Å². The summed E-state index contributed by atoms with van der Waals surface area (Å²) >= 11 is 6.33. The van der Waals surface area contributed by atoms with Crippen molar-refractivity contribution in [1.82, 2.24) is 44.9 Å². The van der Waals surface area contributed by atoms with E-state index in [1.54, 1.807) is 43.9 Å². The predicted molar refractivity (Wildman–Crippen MR) is 164 cm³/mol. The summed E-state index contributed by atoms with van der Waals surface area (Å²) in [5.41, 5.74) is -1.90. The van der Waals surface area contributed by atoms with Crippen LogP contribution in [0, 0.1) is 5.41 Å². The molecule has 1 saturated carbocycles. The van der Waals surface area contributed by atoms with Gasteiger partial charge >= 0.3 is 18.2 Å². The average Bonchev–Trinajstić information content (AvgIpc) is 3.62. The van der Waals surface area contributed by atoms with Crippen LogP contribution in [0.2, 0.25) is 5.02 Å². The highest BCUT2D eigenvalue weighted by Crippen LogP contribution is 2.55. The van der Waals surface area contributed by atoms with Crippen molar-refractivity contribution in [2.24, 2.45) is 5.41 Å². The number of amides is 1. The van der Waals surface area contributed by atoms with Gasteiger partial charge in [0.25, 0.3) is 0 Å². The fraction of sp³-hybridized carbons (Fsp3) is 0.500. The SMILES string of the molecule is CC(Cn1cnnn1)Oc1cc(-c2cnc(Nc3cn(C4CC5(C4)CN(C(=O)OC(C)(C)C)C5)nc3C(F)(F)C(F)(F)F)nc2)ccc1Cl. The lowest BCUT2D eigenvalue weighted by molar-refractivity contribution is -0.290.